The molecule has 1 unspecified atom stereocenters. The van der Waals surface area contributed by atoms with Crippen LogP contribution in [0.25, 0.3) is 0 Å². The Bertz CT molecular complexity index is 894. The van der Waals surface area contributed by atoms with E-state index in [9.17, 15) is 9.59 Å². The van der Waals surface area contributed by atoms with Crippen molar-refractivity contribution >= 4 is 29.2 Å². The molecule has 2 aromatic carbocycles. The van der Waals surface area contributed by atoms with Crippen molar-refractivity contribution in [1.82, 2.24) is 10.2 Å². The minimum atomic E-state index is -0.660. The normalized spacial score (nSPS) is 16.7. The van der Waals surface area contributed by atoms with Crippen LogP contribution in [0.15, 0.2) is 71.9 Å². The fraction of sp³-hybridized carbons (Fsp3) is 0.190. The van der Waals surface area contributed by atoms with Crippen molar-refractivity contribution in [1.29, 1.82) is 0 Å². The number of thiocarbonyl (C=S) groups is 1. The first-order chi connectivity index (χ1) is 13.0. The van der Waals surface area contributed by atoms with Crippen molar-refractivity contribution in [3.8, 4) is 0 Å². The lowest BCUT2D eigenvalue weighted by atomic mass is 9.93. The van der Waals surface area contributed by atoms with Gasteiger partial charge in [-0.3, -0.25) is 9.69 Å². The summed E-state index contributed by atoms with van der Waals surface area (Å²) in [6, 6.07) is 17.6. The lowest BCUT2D eigenvalue weighted by molar-refractivity contribution is -0.139. The van der Waals surface area contributed by atoms with Crippen molar-refractivity contribution in [2.75, 3.05) is 6.61 Å². The van der Waals surface area contributed by atoms with Gasteiger partial charge >= 0.3 is 5.97 Å². The molecule has 27 heavy (non-hydrogen) atoms. The van der Waals surface area contributed by atoms with Crippen molar-refractivity contribution in [2.24, 2.45) is 0 Å². The van der Waals surface area contributed by atoms with Crippen molar-refractivity contribution < 1.29 is 14.3 Å². The van der Waals surface area contributed by atoms with E-state index in [1.165, 1.54) is 4.90 Å². The molecular formula is C21H20N2O3S. The molecule has 1 N–H and O–H groups in total. The number of amides is 1. The third-order valence-corrected chi connectivity index (χ3v) is 4.60. The van der Waals surface area contributed by atoms with Crippen molar-refractivity contribution in [2.45, 2.75) is 19.9 Å². The number of ether oxygens (including phenoxy) is 1. The molecule has 6 heteroatoms. The molecule has 0 aromatic heterocycles. The molecule has 0 aliphatic carbocycles. The second kappa shape index (κ2) is 8.14. The maximum atomic E-state index is 13.3. The number of hydrogen-bond acceptors (Lipinski definition) is 4. The SMILES string of the molecule is CCOC(=O)C1=C(C)NC(=S)N(C(=O)c2ccccc2)C1c1ccccc1. The van der Waals surface area contributed by atoms with E-state index in [0.29, 0.717) is 16.8 Å². The van der Waals surface area contributed by atoms with Crippen LogP contribution in [0.2, 0.25) is 0 Å². The first kappa shape index (κ1) is 18.8. The number of nitrogens with one attached hydrogen (secondary N) is 1. The number of carbonyl (C=O) groups is 2. The fourth-order valence-corrected chi connectivity index (χ4v) is 3.43. The highest BCUT2D eigenvalue weighted by Gasteiger charge is 2.40. The van der Waals surface area contributed by atoms with Crippen LogP contribution in [0.5, 0.6) is 0 Å². The third-order valence-electron chi connectivity index (χ3n) is 4.30. The summed E-state index contributed by atoms with van der Waals surface area (Å²) in [7, 11) is 0. The second-order valence-corrected chi connectivity index (χ2v) is 6.43. The Balaban J connectivity index is 2.14. The van der Waals surface area contributed by atoms with Gasteiger partial charge in [0.25, 0.3) is 5.91 Å². The van der Waals surface area contributed by atoms with Gasteiger partial charge in [0.2, 0.25) is 0 Å². The van der Waals surface area contributed by atoms with E-state index in [4.69, 9.17) is 17.0 Å². The predicted molar refractivity (Wildman–Crippen MR) is 107 cm³/mol. The molecular weight excluding hydrogens is 360 g/mol. The summed E-state index contributed by atoms with van der Waals surface area (Å²) in [6.45, 7) is 3.76. The topological polar surface area (TPSA) is 58.6 Å². The monoisotopic (exact) mass is 380 g/mol. The molecule has 2 aromatic rings. The largest absolute Gasteiger partial charge is 0.463 e. The van der Waals surface area contributed by atoms with Gasteiger partial charge in [0.15, 0.2) is 5.11 Å². The van der Waals surface area contributed by atoms with E-state index >= 15 is 0 Å². The number of hydrogen-bond donors (Lipinski definition) is 1. The first-order valence-corrected chi connectivity index (χ1v) is 9.07. The lowest BCUT2D eigenvalue weighted by Gasteiger charge is -2.38. The number of nitrogens with zero attached hydrogens (tertiary/aromatic N) is 1. The molecule has 0 bridgehead atoms. The van der Waals surface area contributed by atoms with Crippen LogP contribution in [0.3, 0.4) is 0 Å². The molecule has 1 aliphatic heterocycles. The number of allylic oxidation sites excluding steroid dienone is 1. The molecule has 1 atom stereocenters. The number of rotatable bonds is 4. The number of benzene rings is 2. The average Bonchev–Trinajstić information content (AvgIpc) is 2.68. The van der Waals surface area contributed by atoms with Gasteiger partial charge in [0.1, 0.15) is 0 Å². The van der Waals surface area contributed by atoms with Crippen LogP contribution < -0.4 is 5.32 Å². The standard InChI is InChI=1S/C21H20N2O3S/c1-3-26-20(25)17-14(2)22-21(27)23(18(17)15-10-6-4-7-11-15)19(24)16-12-8-5-9-13-16/h4-13,18H,3H2,1-2H3,(H,22,27). The maximum Gasteiger partial charge on any atom is 0.338 e. The van der Waals surface area contributed by atoms with E-state index < -0.39 is 12.0 Å². The van der Waals surface area contributed by atoms with Crippen molar-refractivity contribution in [3.05, 3.63) is 83.1 Å². The smallest absolute Gasteiger partial charge is 0.338 e. The van der Waals surface area contributed by atoms with Gasteiger partial charge in [-0.25, -0.2) is 4.79 Å². The van der Waals surface area contributed by atoms with Crippen LogP contribution in [0, 0.1) is 0 Å². The molecule has 0 radical (unpaired) electrons. The Labute approximate surface area is 163 Å². The summed E-state index contributed by atoms with van der Waals surface area (Å²) in [5.41, 5.74) is 2.24. The van der Waals surface area contributed by atoms with Gasteiger partial charge < -0.3 is 10.1 Å². The summed E-state index contributed by atoms with van der Waals surface area (Å²) < 4.78 is 5.25. The maximum absolute atomic E-state index is 13.3. The summed E-state index contributed by atoms with van der Waals surface area (Å²) in [4.78, 5) is 27.4. The first-order valence-electron chi connectivity index (χ1n) is 8.67. The van der Waals surface area contributed by atoms with Crippen LogP contribution in [-0.4, -0.2) is 28.5 Å². The summed E-state index contributed by atoms with van der Waals surface area (Å²) in [5.74, 6) is -0.749. The molecule has 1 aliphatic rings. The quantitative estimate of drug-likeness (QED) is 0.649. The Morgan fingerprint density at radius 1 is 1.07 bits per heavy atom. The van der Waals surface area contributed by atoms with Crippen molar-refractivity contribution in [3.63, 3.8) is 0 Å². The zero-order valence-corrected chi connectivity index (χ0v) is 16.0. The Morgan fingerprint density at radius 2 is 1.67 bits per heavy atom. The Morgan fingerprint density at radius 3 is 2.26 bits per heavy atom. The summed E-state index contributed by atoms with van der Waals surface area (Å²) in [5, 5.41) is 3.24. The van der Waals surface area contributed by atoms with E-state index in [1.54, 1.807) is 38.1 Å². The Hall–Kier alpha value is -2.99. The third kappa shape index (κ3) is 3.75. The fourth-order valence-electron chi connectivity index (χ4n) is 3.09. The zero-order valence-electron chi connectivity index (χ0n) is 15.1. The summed E-state index contributed by atoms with van der Waals surface area (Å²) in [6.07, 6.45) is 0. The van der Waals surface area contributed by atoms with Gasteiger partial charge in [-0.2, -0.15) is 0 Å². The zero-order chi connectivity index (χ0) is 19.4. The van der Waals surface area contributed by atoms with Gasteiger partial charge in [-0.1, -0.05) is 48.5 Å². The Kier molecular flexibility index (Phi) is 5.66. The van der Waals surface area contributed by atoms with E-state index in [1.807, 2.05) is 36.4 Å². The van der Waals surface area contributed by atoms with E-state index in [-0.39, 0.29) is 17.6 Å². The van der Waals surface area contributed by atoms with Crippen LogP contribution in [0.1, 0.15) is 35.8 Å². The van der Waals surface area contributed by atoms with Crippen LogP contribution >= 0.6 is 12.2 Å². The second-order valence-electron chi connectivity index (χ2n) is 6.04. The highest BCUT2D eigenvalue weighted by molar-refractivity contribution is 7.80. The van der Waals surface area contributed by atoms with Gasteiger partial charge in [0, 0.05) is 11.3 Å². The molecule has 0 fully saturated rings. The molecule has 0 saturated carbocycles. The van der Waals surface area contributed by atoms with Crippen LogP contribution in [0.4, 0.5) is 0 Å². The number of carbonyl (C=O) groups excluding carboxylic acids is 2. The minimum absolute atomic E-state index is 0.244. The number of esters is 1. The molecule has 5 nitrogen and oxygen atoms in total. The van der Waals surface area contributed by atoms with E-state index in [2.05, 4.69) is 5.32 Å². The average molecular weight is 380 g/mol. The van der Waals surface area contributed by atoms with Gasteiger partial charge in [-0.05, 0) is 43.8 Å². The van der Waals surface area contributed by atoms with Gasteiger partial charge in [-0.15, -0.1) is 0 Å². The highest BCUT2D eigenvalue weighted by atomic mass is 32.1. The van der Waals surface area contributed by atoms with E-state index in [0.717, 1.165) is 5.56 Å². The molecule has 138 valence electrons. The lowest BCUT2D eigenvalue weighted by Crippen LogP contribution is -2.51. The summed E-state index contributed by atoms with van der Waals surface area (Å²) >= 11 is 5.47. The minimum Gasteiger partial charge on any atom is -0.463 e. The van der Waals surface area contributed by atoms with Crippen LogP contribution in [-0.2, 0) is 9.53 Å². The predicted octanol–water partition coefficient (Wildman–Crippen LogP) is 3.60. The molecule has 1 heterocycles. The van der Waals surface area contributed by atoms with Gasteiger partial charge in [0.05, 0.1) is 18.2 Å². The molecule has 3 rings (SSSR count). The highest BCUT2D eigenvalue weighted by Crippen LogP contribution is 2.35. The molecule has 0 saturated heterocycles. The molecule has 1 amide bonds. The molecule has 0 spiro atoms.